The third kappa shape index (κ3) is 3.85. The molecule has 0 bridgehead atoms. The number of piperidine rings is 1. The molecule has 2 aliphatic heterocycles. The van der Waals surface area contributed by atoms with E-state index in [-0.39, 0.29) is 11.3 Å². The predicted octanol–water partition coefficient (Wildman–Crippen LogP) is 0.535. The van der Waals surface area contributed by atoms with E-state index in [0.717, 1.165) is 70.5 Å². The molecule has 8 heteroatoms. The third-order valence-electron chi connectivity index (χ3n) is 6.31. The first-order valence-corrected chi connectivity index (χ1v) is 10.1. The van der Waals surface area contributed by atoms with E-state index in [9.17, 15) is 9.59 Å². The van der Waals surface area contributed by atoms with Crippen LogP contribution in [-0.2, 0) is 17.8 Å². The quantitative estimate of drug-likeness (QED) is 0.813. The summed E-state index contributed by atoms with van der Waals surface area (Å²) in [5, 5.41) is 11.4. The van der Waals surface area contributed by atoms with Gasteiger partial charge in [-0.15, -0.1) is 10.2 Å². The predicted molar refractivity (Wildman–Crippen MR) is 100 cm³/mol. The zero-order chi connectivity index (χ0) is 19.0. The molecule has 0 unspecified atom stereocenters. The highest BCUT2D eigenvalue weighted by Crippen LogP contribution is 2.42. The van der Waals surface area contributed by atoms with Crippen molar-refractivity contribution in [1.29, 1.82) is 0 Å². The van der Waals surface area contributed by atoms with Gasteiger partial charge in [-0.05, 0) is 51.6 Å². The van der Waals surface area contributed by atoms with Crippen LogP contribution in [0.4, 0.5) is 0 Å². The van der Waals surface area contributed by atoms with Gasteiger partial charge in [-0.25, -0.2) is 0 Å². The third-order valence-corrected chi connectivity index (χ3v) is 6.31. The summed E-state index contributed by atoms with van der Waals surface area (Å²) in [5.74, 6) is 1.85. The maximum absolute atomic E-state index is 12.5. The summed E-state index contributed by atoms with van der Waals surface area (Å²) in [6, 6.07) is 0. The number of aryl methyl sites for hydroxylation is 1. The number of aromatic nitrogens is 3. The average Bonchev–Trinajstić information content (AvgIpc) is 3.41. The lowest BCUT2D eigenvalue weighted by molar-refractivity contribution is -0.135. The van der Waals surface area contributed by atoms with Crippen LogP contribution in [0.1, 0.15) is 48.5 Å². The molecule has 0 radical (unpaired) electrons. The van der Waals surface area contributed by atoms with Crippen LogP contribution < -0.4 is 5.32 Å². The maximum Gasteiger partial charge on any atom is 0.289 e. The smallest absolute Gasteiger partial charge is 0.289 e. The van der Waals surface area contributed by atoms with Crippen LogP contribution in [0.25, 0.3) is 0 Å². The van der Waals surface area contributed by atoms with Gasteiger partial charge in [0.2, 0.25) is 11.7 Å². The number of hydrogen-bond acceptors (Lipinski definition) is 5. The number of likely N-dealkylation sites (tertiary alicyclic amines) is 1. The monoisotopic (exact) mass is 374 g/mol. The number of hydrogen-bond donors (Lipinski definition) is 1. The summed E-state index contributed by atoms with van der Waals surface area (Å²) in [4.78, 5) is 29.0. The minimum absolute atomic E-state index is 0.144. The van der Waals surface area contributed by atoms with Crippen LogP contribution >= 0.6 is 0 Å². The molecule has 1 aromatic rings. The highest BCUT2D eigenvalue weighted by molar-refractivity contribution is 5.90. The van der Waals surface area contributed by atoms with Crippen molar-refractivity contribution in [2.24, 2.45) is 11.3 Å². The topological polar surface area (TPSA) is 83.4 Å². The molecular formula is C19H30N6O2. The van der Waals surface area contributed by atoms with Crippen LogP contribution in [0.3, 0.4) is 0 Å². The second kappa shape index (κ2) is 7.22. The normalized spacial score (nSPS) is 21.4. The van der Waals surface area contributed by atoms with Crippen molar-refractivity contribution in [3.8, 4) is 0 Å². The second-order valence-corrected chi connectivity index (χ2v) is 8.68. The summed E-state index contributed by atoms with van der Waals surface area (Å²) >= 11 is 0. The average molecular weight is 374 g/mol. The zero-order valence-electron chi connectivity index (χ0n) is 16.4. The van der Waals surface area contributed by atoms with Crippen molar-refractivity contribution in [2.75, 3.05) is 40.3 Å². The van der Waals surface area contributed by atoms with Gasteiger partial charge in [0.15, 0.2) is 0 Å². The van der Waals surface area contributed by atoms with E-state index in [1.165, 1.54) is 0 Å². The number of rotatable bonds is 5. The zero-order valence-corrected chi connectivity index (χ0v) is 16.4. The molecule has 1 aromatic heterocycles. The minimum atomic E-state index is -0.144. The standard InChI is InChI=1S/C19H30N6O2/c1-23(2)12-9-20-17(26)16-22-21-15-5-6-19(13-25(15)16)7-10-24(11-8-19)18(27)14-3-4-14/h14H,3-13H2,1-2H3,(H,20,26). The summed E-state index contributed by atoms with van der Waals surface area (Å²) < 4.78 is 2.02. The van der Waals surface area contributed by atoms with Gasteiger partial charge >= 0.3 is 0 Å². The molecule has 3 heterocycles. The van der Waals surface area contributed by atoms with E-state index >= 15 is 0 Å². The summed E-state index contributed by atoms with van der Waals surface area (Å²) in [6.45, 7) is 3.87. The van der Waals surface area contributed by atoms with E-state index in [2.05, 4.69) is 20.4 Å². The second-order valence-electron chi connectivity index (χ2n) is 8.68. The fourth-order valence-electron chi connectivity index (χ4n) is 4.32. The molecule has 0 aromatic carbocycles. The molecular weight excluding hydrogens is 344 g/mol. The van der Waals surface area contributed by atoms with Gasteiger partial charge in [0.25, 0.3) is 5.91 Å². The number of likely N-dealkylation sites (N-methyl/N-ethyl adjacent to an activating group) is 1. The number of nitrogens with zero attached hydrogens (tertiary/aromatic N) is 5. The van der Waals surface area contributed by atoms with Crippen LogP contribution in [-0.4, -0.2) is 76.7 Å². The molecule has 1 N–H and O–H groups in total. The van der Waals surface area contributed by atoms with Crippen molar-refractivity contribution in [1.82, 2.24) is 29.9 Å². The Morgan fingerprint density at radius 1 is 1.19 bits per heavy atom. The largest absolute Gasteiger partial charge is 0.348 e. The maximum atomic E-state index is 12.5. The van der Waals surface area contributed by atoms with Gasteiger partial charge in [0.1, 0.15) is 5.82 Å². The number of amides is 2. The van der Waals surface area contributed by atoms with Crippen LogP contribution in [0.15, 0.2) is 0 Å². The Hall–Kier alpha value is -1.96. The number of fused-ring (bicyclic) bond motifs is 1. The van der Waals surface area contributed by atoms with Gasteiger partial charge in [-0.2, -0.15) is 0 Å². The highest BCUT2D eigenvalue weighted by Gasteiger charge is 2.42. The molecule has 1 aliphatic carbocycles. The Bertz CT molecular complexity index is 716. The fourth-order valence-corrected chi connectivity index (χ4v) is 4.32. The first-order valence-electron chi connectivity index (χ1n) is 10.1. The van der Waals surface area contributed by atoms with E-state index in [4.69, 9.17) is 0 Å². The lowest BCUT2D eigenvalue weighted by Crippen LogP contribution is -2.47. The molecule has 2 amide bonds. The fraction of sp³-hybridized carbons (Fsp3) is 0.789. The van der Waals surface area contributed by atoms with Gasteiger partial charge in [0, 0.05) is 45.1 Å². The van der Waals surface area contributed by atoms with E-state index in [1.807, 2.05) is 23.6 Å². The van der Waals surface area contributed by atoms with Gasteiger partial charge in [-0.1, -0.05) is 0 Å². The van der Waals surface area contributed by atoms with E-state index in [1.54, 1.807) is 0 Å². The van der Waals surface area contributed by atoms with Crippen molar-refractivity contribution in [3.05, 3.63) is 11.6 Å². The molecule has 1 saturated heterocycles. The molecule has 27 heavy (non-hydrogen) atoms. The molecule has 2 fully saturated rings. The van der Waals surface area contributed by atoms with Crippen molar-refractivity contribution < 1.29 is 9.59 Å². The van der Waals surface area contributed by atoms with Crippen molar-refractivity contribution in [3.63, 3.8) is 0 Å². The highest BCUT2D eigenvalue weighted by atomic mass is 16.2. The van der Waals surface area contributed by atoms with Crippen LogP contribution in [0.2, 0.25) is 0 Å². The van der Waals surface area contributed by atoms with Crippen molar-refractivity contribution in [2.45, 2.75) is 45.1 Å². The lowest BCUT2D eigenvalue weighted by Gasteiger charge is -2.44. The summed E-state index contributed by atoms with van der Waals surface area (Å²) in [5.41, 5.74) is 0.161. The lowest BCUT2D eigenvalue weighted by atomic mass is 9.73. The summed E-state index contributed by atoms with van der Waals surface area (Å²) in [6.07, 6.45) is 6.07. The van der Waals surface area contributed by atoms with Crippen LogP contribution in [0, 0.1) is 11.3 Å². The first kappa shape index (κ1) is 18.4. The number of carbonyl (C=O) groups is 2. The van der Waals surface area contributed by atoms with E-state index in [0.29, 0.717) is 24.2 Å². The van der Waals surface area contributed by atoms with Gasteiger partial charge in [-0.3, -0.25) is 9.59 Å². The molecule has 148 valence electrons. The Kier molecular flexibility index (Phi) is 4.92. The Morgan fingerprint density at radius 3 is 2.59 bits per heavy atom. The Balaban J connectivity index is 1.40. The van der Waals surface area contributed by atoms with E-state index < -0.39 is 0 Å². The minimum Gasteiger partial charge on any atom is -0.348 e. The van der Waals surface area contributed by atoms with Crippen LogP contribution in [0.5, 0.6) is 0 Å². The molecule has 1 spiro atoms. The Labute approximate surface area is 160 Å². The van der Waals surface area contributed by atoms with Gasteiger partial charge in [0.05, 0.1) is 0 Å². The Morgan fingerprint density at radius 2 is 1.93 bits per heavy atom. The molecule has 3 aliphatic rings. The number of nitrogens with one attached hydrogen (secondary N) is 1. The SMILES string of the molecule is CN(C)CCNC(=O)c1nnc2n1CC1(CC2)CCN(C(=O)C2CC2)CC1. The molecule has 1 saturated carbocycles. The van der Waals surface area contributed by atoms with Crippen molar-refractivity contribution >= 4 is 11.8 Å². The first-order chi connectivity index (χ1) is 13.0. The summed E-state index contributed by atoms with van der Waals surface area (Å²) in [7, 11) is 3.96. The van der Waals surface area contributed by atoms with Gasteiger partial charge < -0.3 is 19.7 Å². The number of carbonyl (C=O) groups excluding carboxylic acids is 2. The molecule has 4 rings (SSSR count). The molecule has 8 nitrogen and oxygen atoms in total. The molecule has 0 atom stereocenters.